The lowest BCUT2D eigenvalue weighted by Crippen LogP contribution is -2.23. The first-order valence-electron chi connectivity index (χ1n) is 6.80. The van der Waals surface area contributed by atoms with Gasteiger partial charge in [0.25, 0.3) is 11.6 Å². The van der Waals surface area contributed by atoms with Crippen molar-refractivity contribution in [1.29, 1.82) is 0 Å². The van der Waals surface area contributed by atoms with Gasteiger partial charge in [-0.3, -0.25) is 19.7 Å². The highest BCUT2D eigenvalue weighted by atomic mass is 16.6. The number of carbonyl (C=O) groups is 2. The maximum atomic E-state index is 12.1. The Labute approximate surface area is 132 Å². The molecule has 7 heteroatoms. The summed E-state index contributed by atoms with van der Waals surface area (Å²) in [7, 11) is 0. The molecule has 23 heavy (non-hydrogen) atoms. The van der Waals surface area contributed by atoms with Gasteiger partial charge in [0, 0.05) is 29.3 Å². The van der Waals surface area contributed by atoms with Gasteiger partial charge < -0.3 is 11.1 Å². The van der Waals surface area contributed by atoms with E-state index in [1.54, 1.807) is 31.2 Å². The first-order valence-corrected chi connectivity index (χ1v) is 6.80. The number of nitrogens with zero attached hydrogens (tertiary/aromatic N) is 1. The summed E-state index contributed by atoms with van der Waals surface area (Å²) in [5, 5.41) is 13.5. The molecule has 118 valence electrons. The standard InChI is InChI=1S/C16H15N3O4/c1-10-8-13(6-7-14(10)19(22)23)16(21)18-9-11-2-4-12(5-3-11)15(17)20/h2-8H,9H2,1H3,(H2,17,20)(H,18,21). The number of benzene rings is 2. The van der Waals surface area contributed by atoms with Crippen molar-refractivity contribution in [2.75, 3.05) is 0 Å². The molecule has 0 bridgehead atoms. The van der Waals surface area contributed by atoms with Gasteiger partial charge in [-0.15, -0.1) is 0 Å². The molecule has 0 aliphatic rings. The minimum absolute atomic E-state index is 0.0245. The van der Waals surface area contributed by atoms with E-state index in [0.717, 1.165) is 5.56 Å². The van der Waals surface area contributed by atoms with Crippen LogP contribution in [0.5, 0.6) is 0 Å². The molecule has 7 nitrogen and oxygen atoms in total. The molecule has 0 saturated heterocycles. The Morgan fingerprint density at radius 3 is 2.26 bits per heavy atom. The van der Waals surface area contributed by atoms with Gasteiger partial charge in [0.1, 0.15) is 0 Å². The summed E-state index contributed by atoms with van der Waals surface area (Å²) in [5.41, 5.74) is 7.10. The number of amides is 2. The molecule has 0 spiro atoms. The maximum absolute atomic E-state index is 12.1. The van der Waals surface area contributed by atoms with Gasteiger partial charge in [-0.05, 0) is 36.8 Å². The molecule has 2 aromatic carbocycles. The van der Waals surface area contributed by atoms with Gasteiger partial charge >= 0.3 is 0 Å². The average Bonchev–Trinajstić information content (AvgIpc) is 2.52. The predicted molar refractivity (Wildman–Crippen MR) is 84.0 cm³/mol. The number of nitro benzene ring substituents is 1. The molecule has 0 aromatic heterocycles. The number of nitrogens with one attached hydrogen (secondary N) is 1. The van der Waals surface area contributed by atoms with Gasteiger partial charge in [0.15, 0.2) is 0 Å². The van der Waals surface area contributed by atoms with Gasteiger partial charge in [-0.25, -0.2) is 0 Å². The van der Waals surface area contributed by atoms with Crippen LogP contribution in [0.3, 0.4) is 0 Å². The number of hydrogen-bond acceptors (Lipinski definition) is 4. The third-order valence-electron chi connectivity index (χ3n) is 3.35. The van der Waals surface area contributed by atoms with E-state index < -0.39 is 10.8 Å². The summed E-state index contributed by atoms with van der Waals surface area (Å²) in [6.45, 7) is 1.85. The second-order valence-electron chi connectivity index (χ2n) is 5.00. The summed E-state index contributed by atoms with van der Waals surface area (Å²) in [4.78, 5) is 33.3. The van der Waals surface area contributed by atoms with E-state index in [2.05, 4.69) is 5.32 Å². The van der Waals surface area contributed by atoms with Gasteiger partial charge in [-0.2, -0.15) is 0 Å². The monoisotopic (exact) mass is 313 g/mol. The lowest BCUT2D eigenvalue weighted by molar-refractivity contribution is -0.385. The molecule has 2 rings (SSSR count). The number of aryl methyl sites for hydroxylation is 1. The van der Waals surface area contributed by atoms with Crippen molar-refractivity contribution in [2.24, 2.45) is 5.73 Å². The molecule has 0 aliphatic carbocycles. The fourth-order valence-electron chi connectivity index (χ4n) is 2.07. The van der Waals surface area contributed by atoms with E-state index in [1.165, 1.54) is 18.2 Å². The second-order valence-corrected chi connectivity index (χ2v) is 5.00. The lowest BCUT2D eigenvalue weighted by Gasteiger charge is -2.07. The van der Waals surface area contributed by atoms with E-state index in [0.29, 0.717) is 16.7 Å². The molecule has 2 aromatic rings. The van der Waals surface area contributed by atoms with Crippen molar-refractivity contribution in [2.45, 2.75) is 13.5 Å². The van der Waals surface area contributed by atoms with Crippen molar-refractivity contribution in [1.82, 2.24) is 5.32 Å². The van der Waals surface area contributed by atoms with E-state index in [9.17, 15) is 19.7 Å². The maximum Gasteiger partial charge on any atom is 0.272 e. The number of carbonyl (C=O) groups excluding carboxylic acids is 2. The molecule has 0 saturated carbocycles. The summed E-state index contributed by atoms with van der Waals surface area (Å²) >= 11 is 0. The number of nitrogens with two attached hydrogens (primary N) is 1. The van der Waals surface area contributed by atoms with Gasteiger partial charge in [0.2, 0.25) is 5.91 Å². The Hall–Kier alpha value is -3.22. The van der Waals surface area contributed by atoms with Crippen LogP contribution in [0.25, 0.3) is 0 Å². The largest absolute Gasteiger partial charge is 0.366 e. The summed E-state index contributed by atoms with van der Waals surface area (Å²) in [5.74, 6) is -0.844. The molecular weight excluding hydrogens is 298 g/mol. The minimum Gasteiger partial charge on any atom is -0.366 e. The summed E-state index contributed by atoms with van der Waals surface area (Å²) in [6, 6.07) is 10.8. The lowest BCUT2D eigenvalue weighted by atomic mass is 10.1. The van der Waals surface area contributed by atoms with E-state index in [1.807, 2.05) is 0 Å². The number of hydrogen-bond donors (Lipinski definition) is 2. The average molecular weight is 313 g/mol. The fraction of sp³-hybridized carbons (Fsp3) is 0.125. The molecule has 3 N–H and O–H groups in total. The molecular formula is C16H15N3O4. The van der Waals surface area contributed by atoms with Crippen LogP contribution >= 0.6 is 0 Å². The SMILES string of the molecule is Cc1cc(C(=O)NCc2ccc(C(N)=O)cc2)ccc1[N+](=O)[O-]. The normalized spacial score (nSPS) is 10.1. The smallest absolute Gasteiger partial charge is 0.272 e. The van der Waals surface area contributed by atoms with Crippen molar-refractivity contribution >= 4 is 17.5 Å². The topological polar surface area (TPSA) is 115 Å². The van der Waals surface area contributed by atoms with Crippen molar-refractivity contribution in [3.8, 4) is 0 Å². The predicted octanol–water partition coefficient (Wildman–Crippen LogP) is 1.93. The zero-order chi connectivity index (χ0) is 17.0. The highest BCUT2D eigenvalue weighted by Gasteiger charge is 2.13. The Balaban J connectivity index is 2.03. The van der Waals surface area contributed by atoms with Crippen molar-refractivity contribution in [3.63, 3.8) is 0 Å². The van der Waals surface area contributed by atoms with E-state index in [-0.39, 0.29) is 18.1 Å². The molecule has 0 unspecified atom stereocenters. The van der Waals surface area contributed by atoms with Crippen LogP contribution in [-0.4, -0.2) is 16.7 Å². The van der Waals surface area contributed by atoms with Crippen LogP contribution in [-0.2, 0) is 6.54 Å². The second kappa shape index (κ2) is 6.69. The van der Waals surface area contributed by atoms with Gasteiger partial charge in [0.05, 0.1) is 4.92 Å². The number of nitro groups is 1. The molecule has 0 radical (unpaired) electrons. The van der Waals surface area contributed by atoms with Crippen LogP contribution in [0, 0.1) is 17.0 Å². The van der Waals surface area contributed by atoms with Crippen LogP contribution in [0.1, 0.15) is 31.8 Å². The van der Waals surface area contributed by atoms with Crippen molar-refractivity contribution < 1.29 is 14.5 Å². The first kappa shape index (κ1) is 16.2. The number of primary amides is 1. The van der Waals surface area contributed by atoms with Crippen LogP contribution < -0.4 is 11.1 Å². The Morgan fingerprint density at radius 1 is 1.13 bits per heavy atom. The molecule has 2 amide bonds. The zero-order valence-electron chi connectivity index (χ0n) is 12.4. The van der Waals surface area contributed by atoms with Crippen LogP contribution in [0.15, 0.2) is 42.5 Å². The Bertz CT molecular complexity index is 769. The first-order chi connectivity index (χ1) is 10.9. The molecule has 0 aliphatic heterocycles. The van der Waals surface area contributed by atoms with Crippen LogP contribution in [0.2, 0.25) is 0 Å². The van der Waals surface area contributed by atoms with Crippen LogP contribution in [0.4, 0.5) is 5.69 Å². The molecule has 0 heterocycles. The third kappa shape index (κ3) is 3.91. The Morgan fingerprint density at radius 2 is 1.74 bits per heavy atom. The van der Waals surface area contributed by atoms with Crippen molar-refractivity contribution in [3.05, 3.63) is 74.8 Å². The third-order valence-corrected chi connectivity index (χ3v) is 3.35. The summed E-state index contributed by atoms with van der Waals surface area (Å²) in [6.07, 6.45) is 0. The molecule has 0 fully saturated rings. The quantitative estimate of drug-likeness (QED) is 0.648. The van der Waals surface area contributed by atoms with Gasteiger partial charge in [-0.1, -0.05) is 12.1 Å². The zero-order valence-corrected chi connectivity index (χ0v) is 12.4. The minimum atomic E-state index is -0.512. The fourth-order valence-corrected chi connectivity index (χ4v) is 2.07. The number of rotatable bonds is 5. The highest BCUT2D eigenvalue weighted by Crippen LogP contribution is 2.18. The van der Waals surface area contributed by atoms with E-state index >= 15 is 0 Å². The van der Waals surface area contributed by atoms with E-state index in [4.69, 9.17) is 5.73 Å². The summed E-state index contributed by atoms with van der Waals surface area (Å²) < 4.78 is 0. The highest BCUT2D eigenvalue weighted by molar-refractivity contribution is 5.95. The molecule has 0 atom stereocenters. The Kier molecular flexibility index (Phi) is 4.70.